The Morgan fingerprint density at radius 2 is 1.95 bits per heavy atom. The van der Waals surface area contributed by atoms with Crippen LogP contribution in [-0.4, -0.2) is 32.4 Å². The van der Waals surface area contributed by atoms with E-state index < -0.39 is 10.0 Å². The molecule has 0 aromatic heterocycles. The molecule has 1 aliphatic rings. The number of nitrogens with zero attached hydrogens (tertiary/aromatic N) is 1. The van der Waals surface area contributed by atoms with Gasteiger partial charge in [-0.2, -0.15) is 4.31 Å². The van der Waals surface area contributed by atoms with Gasteiger partial charge in [-0.05, 0) is 49.9 Å². The highest BCUT2D eigenvalue weighted by molar-refractivity contribution is 7.89. The molecule has 1 fully saturated rings. The minimum Gasteiger partial charge on any atom is -0.330 e. The first-order chi connectivity index (χ1) is 8.95. The number of nitrogens with two attached hydrogens (primary N) is 1. The number of rotatable bonds is 3. The van der Waals surface area contributed by atoms with Crippen LogP contribution in [0.1, 0.15) is 18.4 Å². The van der Waals surface area contributed by atoms with Crippen molar-refractivity contribution < 1.29 is 8.42 Å². The molecule has 7 heteroatoms. The predicted octanol–water partition coefficient (Wildman–Crippen LogP) is 2.43. The molecule has 1 aliphatic heterocycles. The van der Waals surface area contributed by atoms with E-state index in [1.807, 2.05) is 6.92 Å². The monoisotopic (exact) mass is 338 g/mol. The van der Waals surface area contributed by atoms with E-state index in [0.717, 1.165) is 18.4 Å². The van der Waals surface area contributed by atoms with E-state index in [1.54, 1.807) is 12.1 Å². The Kier molecular flexibility index (Phi) is 6.28. The van der Waals surface area contributed by atoms with Gasteiger partial charge in [0.15, 0.2) is 0 Å². The van der Waals surface area contributed by atoms with Gasteiger partial charge in [0.05, 0.1) is 4.90 Å². The van der Waals surface area contributed by atoms with Gasteiger partial charge in [0.2, 0.25) is 10.0 Å². The third-order valence-corrected chi connectivity index (χ3v) is 5.99. The number of aryl methyl sites for hydroxylation is 1. The molecule has 1 aromatic carbocycles. The molecular weight excluding hydrogens is 319 g/mol. The molecule has 1 saturated heterocycles. The second kappa shape index (κ2) is 7.09. The Morgan fingerprint density at radius 3 is 2.45 bits per heavy atom. The molecular formula is C13H20Cl2N2O2S. The zero-order valence-electron chi connectivity index (χ0n) is 11.4. The average Bonchev–Trinajstić information content (AvgIpc) is 2.41. The lowest BCUT2D eigenvalue weighted by Gasteiger charge is -2.30. The summed E-state index contributed by atoms with van der Waals surface area (Å²) in [4.78, 5) is 0.272. The van der Waals surface area contributed by atoms with E-state index >= 15 is 0 Å². The topological polar surface area (TPSA) is 63.4 Å². The number of piperidine rings is 1. The highest BCUT2D eigenvalue weighted by Crippen LogP contribution is 2.26. The van der Waals surface area contributed by atoms with E-state index in [4.69, 9.17) is 17.3 Å². The van der Waals surface area contributed by atoms with E-state index in [9.17, 15) is 8.42 Å². The molecule has 4 nitrogen and oxygen atoms in total. The van der Waals surface area contributed by atoms with Crippen LogP contribution in [-0.2, 0) is 10.0 Å². The normalized spacial score (nSPS) is 17.8. The third-order valence-electron chi connectivity index (χ3n) is 3.69. The molecule has 0 unspecified atom stereocenters. The smallest absolute Gasteiger partial charge is 0.243 e. The van der Waals surface area contributed by atoms with Crippen LogP contribution in [0.15, 0.2) is 23.1 Å². The highest BCUT2D eigenvalue weighted by Gasteiger charge is 2.29. The van der Waals surface area contributed by atoms with Gasteiger partial charge in [0, 0.05) is 18.1 Å². The lowest BCUT2D eigenvalue weighted by molar-refractivity contribution is 0.278. The molecule has 0 aliphatic carbocycles. The summed E-state index contributed by atoms with van der Waals surface area (Å²) < 4.78 is 26.5. The Labute approximate surface area is 131 Å². The van der Waals surface area contributed by atoms with Gasteiger partial charge in [-0.1, -0.05) is 17.7 Å². The molecule has 2 N–H and O–H groups in total. The Balaban J connectivity index is 0.00000200. The van der Waals surface area contributed by atoms with Crippen molar-refractivity contribution in [2.45, 2.75) is 24.7 Å². The van der Waals surface area contributed by atoms with Crippen LogP contribution in [0.3, 0.4) is 0 Å². The average molecular weight is 339 g/mol. The van der Waals surface area contributed by atoms with Gasteiger partial charge in [-0.25, -0.2) is 8.42 Å². The first kappa shape index (κ1) is 17.7. The van der Waals surface area contributed by atoms with Gasteiger partial charge in [0.25, 0.3) is 0 Å². The van der Waals surface area contributed by atoms with E-state index in [0.29, 0.717) is 30.6 Å². The standard InChI is InChI=1S/C13H19ClN2O2S.ClH/c1-10-2-3-12(8-13(10)14)19(17,18)16-6-4-11(9-15)5-7-16;/h2-3,8,11H,4-7,9,15H2,1H3;1H. The molecule has 0 bridgehead atoms. The molecule has 1 heterocycles. The fourth-order valence-electron chi connectivity index (χ4n) is 2.27. The van der Waals surface area contributed by atoms with Crippen molar-refractivity contribution >= 4 is 34.0 Å². The van der Waals surface area contributed by atoms with Crippen LogP contribution in [0.2, 0.25) is 5.02 Å². The van der Waals surface area contributed by atoms with Crippen LogP contribution in [0, 0.1) is 12.8 Å². The molecule has 1 aromatic rings. The SMILES string of the molecule is Cc1ccc(S(=O)(=O)N2CCC(CN)CC2)cc1Cl.Cl. The Hall–Kier alpha value is -0.330. The van der Waals surface area contributed by atoms with Gasteiger partial charge >= 0.3 is 0 Å². The summed E-state index contributed by atoms with van der Waals surface area (Å²) >= 11 is 6.00. The minimum absolute atomic E-state index is 0. The summed E-state index contributed by atoms with van der Waals surface area (Å²) in [6, 6.07) is 4.88. The first-order valence-corrected chi connectivity index (χ1v) is 8.23. The highest BCUT2D eigenvalue weighted by atomic mass is 35.5. The van der Waals surface area contributed by atoms with Crippen molar-refractivity contribution in [1.82, 2.24) is 4.31 Å². The lowest BCUT2D eigenvalue weighted by atomic mass is 9.99. The fourth-order valence-corrected chi connectivity index (χ4v) is 4.01. The maximum Gasteiger partial charge on any atom is 0.243 e. The molecule has 0 amide bonds. The van der Waals surface area contributed by atoms with Gasteiger partial charge in [-0.15, -0.1) is 12.4 Å². The fraction of sp³-hybridized carbons (Fsp3) is 0.538. The van der Waals surface area contributed by atoms with Crippen molar-refractivity contribution in [1.29, 1.82) is 0 Å². The second-order valence-electron chi connectivity index (χ2n) is 4.99. The van der Waals surface area contributed by atoms with Crippen LogP contribution >= 0.6 is 24.0 Å². The summed E-state index contributed by atoms with van der Waals surface area (Å²) in [5.41, 5.74) is 6.50. The molecule has 0 atom stereocenters. The molecule has 2 rings (SSSR count). The van der Waals surface area contributed by atoms with Crippen molar-refractivity contribution in [2.24, 2.45) is 11.7 Å². The number of halogens is 2. The minimum atomic E-state index is -3.42. The third kappa shape index (κ3) is 3.65. The molecule has 20 heavy (non-hydrogen) atoms. The van der Waals surface area contributed by atoms with Crippen molar-refractivity contribution in [3.63, 3.8) is 0 Å². The number of hydrogen-bond donors (Lipinski definition) is 1. The molecule has 0 spiro atoms. The van der Waals surface area contributed by atoms with Crippen LogP contribution in [0.5, 0.6) is 0 Å². The Morgan fingerprint density at radius 1 is 1.35 bits per heavy atom. The van der Waals surface area contributed by atoms with E-state index in [2.05, 4.69) is 0 Å². The summed E-state index contributed by atoms with van der Waals surface area (Å²) in [6.45, 7) is 3.56. The lowest BCUT2D eigenvalue weighted by Crippen LogP contribution is -2.40. The molecule has 0 saturated carbocycles. The molecule has 0 radical (unpaired) electrons. The van der Waals surface area contributed by atoms with Gasteiger partial charge in [-0.3, -0.25) is 0 Å². The number of sulfonamides is 1. The van der Waals surface area contributed by atoms with Gasteiger partial charge in [0.1, 0.15) is 0 Å². The van der Waals surface area contributed by atoms with Crippen LogP contribution in [0.25, 0.3) is 0 Å². The predicted molar refractivity (Wildman–Crippen MR) is 84.0 cm³/mol. The van der Waals surface area contributed by atoms with Crippen molar-refractivity contribution in [3.05, 3.63) is 28.8 Å². The maximum absolute atomic E-state index is 12.5. The van der Waals surface area contributed by atoms with Crippen LogP contribution in [0.4, 0.5) is 0 Å². The number of benzene rings is 1. The zero-order valence-corrected chi connectivity index (χ0v) is 13.8. The van der Waals surface area contributed by atoms with Crippen molar-refractivity contribution in [2.75, 3.05) is 19.6 Å². The summed E-state index contributed by atoms with van der Waals surface area (Å²) in [7, 11) is -3.42. The van der Waals surface area contributed by atoms with Crippen molar-refractivity contribution in [3.8, 4) is 0 Å². The molecule has 114 valence electrons. The first-order valence-electron chi connectivity index (χ1n) is 6.41. The summed E-state index contributed by atoms with van der Waals surface area (Å²) in [6.07, 6.45) is 1.66. The van der Waals surface area contributed by atoms with E-state index in [1.165, 1.54) is 10.4 Å². The van der Waals surface area contributed by atoms with E-state index in [-0.39, 0.29) is 17.3 Å². The zero-order chi connectivity index (χ0) is 14.0. The number of hydrogen-bond acceptors (Lipinski definition) is 3. The maximum atomic E-state index is 12.5. The summed E-state index contributed by atoms with van der Waals surface area (Å²) in [5, 5.41) is 0.484. The van der Waals surface area contributed by atoms with Gasteiger partial charge < -0.3 is 5.73 Å². The largest absolute Gasteiger partial charge is 0.330 e. The Bertz CT molecular complexity index is 555. The second-order valence-corrected chi connectivity index (χ2v) is 7.34. The van der Waals surface area contributed by atoms with Crippen LogP contribution < -0.4 is 5.73 Å². The summed E-state index contributed by atoms with van der Waals surface area (Å²) in [5.74, 6) is 0.438. The quantitative estimate of drug-likeness (QED) is 0.920.